The van der Waals surface area contributed by atoms with Gasteiger partial charge in [-0.3, -0.25) is 4.79 Å². The minimum atomic E-state index is 0.155. The normalized spacial score (nSPS) is 18.5. The van der Waals surface area contributed by atoms with Crippen molar-refractivity contribution in [2.45, 2.75) is 64.3 Å². The molecule has 2 aliphatic rings. The molecule has 0 bridgehead atoms. The molecular formula is C21H30N6O. The summed E-state index contributed by atoms with van der Waals surface area (Å²) in [6, 6.07) is 2.23. The number of nitrogens with one attached hydrogen (secondary N) is 1. The molecule has 0 atom stereocenters. The number of aromatic nitrogens is 4. The van der Waals surface area contributed by atoms with Crippen LogP contribution in [0.1, 0.15) is 63.5 Å². The number of hydrogen-bond donors (Lipinski definition) is 1. The molecule has 1 aliphatic heterocycles. The number of carbonyl (C=O) groups excluding carboxylic acids is 1. The summed E-state index contributed by atoms with van der Waals surface area (Å²) in [4.78, 5) is 23.6. The highest BCUT2D eigenvalue weighted by Gasteiger charge is 2.27. The SMILES string of the molecule is CCCc1cncnc1N1CCC(n2nccc2NC(=O)C2CCCC2)CC1. The van der Waals surface area contributed by atoms with Crippen molar-refractivity contribution in [3.8, 4) is 0 Å². The van der Waals surface area contributed by atoms with Crippen molar-refractivity contribution >= 4 is 17.5 Å². The van der Waals surface area contributed by atoms with Gasteiger partial charge in [0.1, 0.15) is 18.0 Å². The molecule has 0 unspecified atom stereocenters. The predicted molar refractivity (Wildman–Crippen MR) is 109 cm³/mol. The fraction of sp³-hybridized carbons (Fsp3) is 0.619. The molecule has 1 saturated carbocycles. The van der Waals surface area contributed by atoms with E-state index in [0.717, 1.165) is 63.3 Å². The van der Waals surface area contributed by atoms with Crippen LogP contribution in [-0.4, -0.2) is 38.7 Å². The molecule has 1 aliphatic carbocycles. The van der Waals surface area contributed by atoms with Gasteiger partial charge in [-0.05, 0) is 32.1 Å². The van der Waals surface area contributed by atoms with Crippen LogP contribution < -0.4 is 10.2 Å². The first-order valence-electron chi connectivity index (χ1n) is 10.6. The van der Waals surface area contributed by atoms with Gasteiger partial charge in [0.2, 0.25) is 5.91 Å². The van der Waals surface area contributed by atoms with E-state index in [1.165, 1.54) is 18.4 Å². The van der Waals surface area contributed by atoms with Crippen molar-refractivity contribution in [3.63, 3.8) is 0 Å². The molecule has 1 saturated heterocycles. The molecule has 4 rings (SSSR count). The molecule has 2 aromatic rings. The molecule has 3 heterocycles. The third kappa shape index (κ3) is 4.03. The Morgan fingerprint density at radius 3 is 2.75 bits per heavy atom. The van der Waals surface area contributed by atoms with Crippen LogP contribution in [0.15, 0.2) is 24.8 Å². The summed E-state index contributed by atoms with van der Waals surface area (Å²) >= 11 is 0. The van der Waals surface area contributed by atoms with Gasteiger partial charge in [-0.1, -0.05) is 26.2 Å². The second-order valence-corrected chi connectivity index (χ2v) is 7.97. The van der Waals surface area contributed by atoms with Crippen molar-refractivity contribution in [1.29, 1.82) is 0 Å². The Bertz CT molecular complexity index is 790. The highest BCUT2D eigenvalue weighted by molar-refractivity contribution is 5.91. The number of amides is 1. The second kappa shape index (κ2) is 8.71. The third-order valence-corrected chi connectivity index (χ3v) is 6.04. The van der Waals surface area contributed by atoms with E-state index in [9.17, 15) is 4.79 Å². The first-order chi connectivity index (χ1) is 13.8. The van der Waals surface area contributed by atoms with E-state index in [2.05, 4.69) is 32.2 Å². The van der Waals surface area contributed by atoms with Gasteiger partial charge in [0, 0.05) is 36.8 Å². The summed E-state index contributed by atoms with van der Waals surface area (Å²) in [7, 11) is 0. The van der Waals surface area contributed by atoms with Crippen LogP contribution in [0.25, 0.3) is 0 Å². The van der Waals surface area contributed by atoms with Gasteiger partial charge >= 0.3 is 0 Å². The van der Waals surface area contributed by atoms with E-state index < -0.39 is 0 Å². The molecular weight excluding hydrogens is 352 g/mol. The predicted octanol–water partition coefficient (Wildman–Crippen LogP) is 3.60. The molecule has 2 aromatic heterocycles. The van der Waals surface area contributed by atoms with Crippen LogP contribution in [0, 0.1) is 5.92 Å². The largest absolute Gasteiger partial charge is 0.356 e. The summed E-state index contributed by atoms with van der Waals surface area (Å²) in [6.07, 6.45) is 13.8. The quantitative estimate of drug-likeness (QED) is 0.826. The van der Waals surface area contributed by atoms with E-state index in [1.54, 1.807) is 12.5 Å². The number of anilines is 2. The lowest BCUT2D eigenvalue weighted by atomic mass is 10.0. The molecule has 1 amide bonds. The molecule has 0 radical (unpaired) electrons. The molecule has 2 fully saturated rings. The van der Waals surface area contributed by atoms with E-state index >= 15 is 0 Å². The lowest BCUT2D eigenvalue weighted by Crippen LogP contribution is -2.36. The summed E-state index contributed by atoms with van der Waals surface area (Å²) in [6.45, 7) is 4.06. The summed E-state index contributed by atoms with van der Waals surface area (Å²) in [5.74, 6) is 2.23. The van der Waals surface area contributed by atoms with E-state index in [-0.39, 0.29) is 11.8 Å². The maximum Gasteiger partial charge on any atom is 0.228 e. The molecule has 0 spiro atoms. The van der Waals surface area contributed by atoms with Gasteiger partial charge in [0.25, 0.3) is 0 Å². The van der Waals surface area contributed by atoms with Crippen LogP contribution in [0.5, 0.6) is 0 Å². The van der Waals surface area contributed by atoms with Crippen LogP contribution in [-0.2, 0) is 11.2 Å². The van der Waals surface area contributed by atoms with Crippen LogP contribution in [0.3, 0.4) is 0 Å². The maximum absolute atomic E-state index is 12.5. The topological polar surface area (TPSA) is 75.9 Å². The van der Waals surface area contributed by atoms with Gasteiger partial charge in [-0.2, -0.15) is 5.10 Å². The second-order valence-electron chi connectivity index (χ2n) is 7.97. The highest BCUT2D eigenvalue weighted by atomic mass is 16.2. The zero-order valence-corrected chi connectivity index (χ0v) is 16.7. The van der Waals surface area contributed by atoms with Gasteiger partial charge < -0.3 is 10.2 Å². The smallest absolute Gasteiger partial charge is 0.228 e. The van der Waals surface area contributed by atoms with Crippen LogP contribution in [0.2, 0.25) is 0 Å². The number of rotatable bonds is 6. The van der Waals surface area contributed by atoms with Gasteiger partial charge in [0.05, 0.1) is 12.2 Å². The van der Waals surface area contributed by atoms with E-state index in [0.29, 0.717) is 6.04 Å². The third-order valence-electron chi connectivity index (χ3n) is 6.04. The molecule has 7 nitrogen and oxygen atoms in total. The first kappa shape index (κ1) is 18.9. The average molecular weight is 383 g/mol. The van der Waals surface area contributed by atoms with Crippen molar-refractivity contribution in [1.82, 2.24) is 19.7 Å². The minimum Gasteiger partial charge on any atom is -0.356 e. The first-order valence-corrected chi connectivity index (χ1v) is 10.6. The molecule has 150 valence electrons. The summed E-state index contributed by atoms with van der Waals surface area (Å²) in [5, 5.41) is 7.65. The van der Waals surface area contributed by atoms with E-state index in [1.807, 2.05) is 16.9 Å². The maximum atomic E-state index is 12.5. The number of aryl methyl sites for hydroxylation is 1. The zero-order valence-electron chi connectivity index (χ0n) is 16.7. The number of carbonyl (C=O) groups is 1. The Labute approximate surface area is 166 Å². The number of nitrogens with zero attached hydrogens (tertiary/aromatic N) is 5. The van der Waals surface area contributed by atoms with Crippen molar-refractivity contribution < 1.29 is 4.79 Å². The highest BCUT2D eigenvalue weighted by Crippen LogP contribution is 2.30. The lowest BCUT2D eigenvalue weighted by molar-refractivity contribution is -0.119. The molecule has 0 aromatic carbocycles. The Kier molecular flexibility index (Phi) is 5.88. The number of piperidine rings is 1. The molecule has 1 N–H and O–H groups in total. The monoisotopic (exact) mass is 382 g/mol. The Morgan fingerprint density at radius 2 is 2.00 bits per heavy atom. The van der Waals surface area contributed by atoms with Crippen LogP contribution in [0.4, 0.5) is 11.6 Å². The summed E-state index contributed by atoms with van der Waals surface area (Å²) in [5.41, 5.74) is 1.23. The summed E-state index contributed by atoms with van der Waals surface area (Å²) < 4.78 is 2.01. The average Bonchev–Trinajstić information content (AvgIpc) is 3.41. The standard InChI is InChI=1S/C21H30N6O/c1-2-5-17-14-22-15-23-20(17)26-12-9-18(10-13-26)27-19(8-11-24-27)25-21(28)16-6-3-4-7-16/h8,11,14-16,18H,2-7,9-10,12-13H2,1H3,(H,25,28). The van der Waals surface area contributed by atoms with Crippen LogP contribution >= 0.6 is 0 Å². The van der Waals surface area contributed by atoms with Crippen molar-refractivity contribution in [3.05, 3.63) is 30.4 Å². The van der Waals surface area contributed by atoms with Gasteiger partial charge in [-0.25, -0.2) is 14.6 Å². The zero-order chi connectivity index (χ0) is 19.3. The van der Waals surface area contributed by atoms with E-state index in [4.69, 9.17) is 0 Å². The molecule has 28 heavy (non-hydrogen) atoms. The Hall–Kier alpha value is -2.44. The lowest BCUT2D eigenvalue weighted by Gasteiger charge is -2.34. The van der Waals surface area contributed by atoms with Crippen molar-refractivity contribution in [2.24, 2.45) is 5.92 Å². The minimum absolute atomic E-state index is 0.155. The Morgan fingerprint density at radius 1 is 1.21 bits per heavy atom. The fourth-order valence-electron chi connectivity index (χ4n) is 4.53. The van der Waals surface area contributed by atoms with Gasteiger partial charge in [-0.15, -0.1) is 0 Å². The van der Waals surface area contributed by atoms with Gasteiger partial charge in [0.15, 0.2) is 0 Å². The van der Waals surface area contributed by atoms with Crippen molar-refractivity contribution in [2.75, 3.05) is 23.3 Å². The molecule has 7 heteroatoms. The fourth-order valence-corrected chi connectivity index (χ4v) is 4.53. The number of hydrogen-bond acceptors (Lipinski definition) is 5. The Balaban J connectivity index is 1.39.